The van der Waals surface area contributed by atoms with E-state index in [0.717, 1.165) is 42.5 Å². The van der Waals surface area contributed by atoms with Gasteiger partial charge in [-0.2, -0.15) is 0 Å². The highest BCUT2D eigenvalue weighted by atomic mass is 127. The van der Waals surface area contributed by atoms with Crippen LogP contribution in [-0.2, 0) is 10.3 Å². The Kier molecular flexibility index (Phi) is 4.67. The number of para-hydroxylation sites is 2. The van der Waals surface area contributed by atoms with Gasteiger partial charge in [-0.05, 0) is 102 Å². The lowest BCUT2D eigenvalue weighted by molar-refractivity contribution is 0.0222. The first-order chi connectivity index (χ1) is 13.0. The number of fused-ring (bicyclic) bond motifs is 6. The van der Waals surface area contributed by atoms with Gasteiger partial charge in [0.25, 0.3) is 0 Å². The van der Waals surface area contributed by atoms with Crippen LogP contribution in [0.1, 0.15) is 27.0 Å². The molecule has 3 aromatic carbocycles. The summed E-state index contributed by atoms with van der Waals surface area (Å²) >= 11 is 9.26. The Morgan fingerprint density at radius 3 is 1.81 bits per heavy atom. The number of carbonyl (C=O) groups excluding carboxylic acids is 1. The maximum absolute atomic E-state index is 13.1. The van der Waals surface area contributed by atoms with Gasteiger partial charge in [-0.3, -0.25) is 0 Å². The number of ether oxygens (including phenoxy) is 2. The van der Waals surface area contributed by atoms with Crippen molar-refractivity contribution in [1.29, 1.82) is 0 Å². The number of esters is 1. The van der Waals surface area contributed by atoms with Crippen LogP contribution in [0.25, 0.3) is 0 Å². The number of halogens is 4. The quantitative estimate of drug-likeness (QED) is 0.110. The highest BCUT2D eigenvalue weighted by Gasteiger charge is 2.55. The lowest BCUT2D eigenvalue weighted by atomic mass is 9.78. The predicted molar refractivity (Wildman–Crippen MR) is 136 cm³/mol. The molecule has 1 spiro atoms. The Hall–Kier alpha value is -0.150. The van der Waals surface area contributed by atoms with Gasteiger partial charge in [0, 0.05) is 31.0 Å². The van der Waals surface area contributed by atoms with Crippen molar-refractivity contribution in [3.05, 3.63) is 85.1 Å². The molecule has 0 amide bonds. The molecule has 0 radical (unpaired) electrons. The van der Waals surface area contributed by atoms with Crippen molar-refractivity contribution in [1.82, 2.24) is 0 Å². The van der Waals surface area contributed by atoms with E-state index in [2.05, 4.69) is 90.4 Å². The third-order valence-electron chi connectivity index (χ3n) is 4.82. The van der Waals surface area contributed by atoms with Crippen molar-refractivity contribution in [2.45, 2.75) is 5.60 Å². The SMILES string of the molecule is O=C1OC2(c3ccccc3Oc3ccccc32)c2c(I)c(I)c(I)c(I)c21. The molecule has 2 aliphatic rings. The molecule has 27 heavy (non-hydrogen) atoms. The highest BCUT2D eigenvalue weighted by molar-refractivity contribution is 14.1. The summed E-state index contributed by atoms with van der Waals surface area (Å²) in [5.74, 6) is 1.15. The van der Waals surface area contributed by atoms with Crippen LogP contribution in [0.5, 0.6) is 11.5 Å². The third kappa shape index (κ3) is 2.49. The van der Waals surface area contributed by atoms with Crippen molar-refractivity contribution in [2.24, 2.45) is 0 Å². The van der Waals surface area contributed by atoms with E-state index in [9.17, 15) is 4.79 Å². The van der Waals surface area contributed by atoms with E-state index in [1.165, 1.54) is 0 Å². The fourth-order valence-corrected chi connectivity index (χ4v) is 7.52. The Labute approximate surface area is 210 Å². The summed E-state index contributed by atoms with van der Waals surface area (Å²) in [7, 11) is 0. The van der Waals surface area contributed by atoms with Gasteiger partial charge in [-0.25, -0.2) is 4.79 Å². The van der Waals surface area contributed by atoms with Gasteiger partial charge in [0.05, 0.1) is 5.56 Å². The van der Waals surface area contributed by atoms with Crippen LogP contribution in [0, 0.1) is 14.3 Å². The van der Waals surface area contributed by atoms with E-state index in [1.54, 1.807) is 0 Å². The first-order valence-corrected chi connectivity index (χ1v) is 12.2. The zero-order chi connectivity index (χ0) is 18.9. The van der Waals surface area contributed by atoms with Crippen LogP contribution in [0.4, 0.5) is 0 Å². The standard InChI is InChI=1S/C20H8I4O3/c21-15-13-14(16(22)18(24)17(15)23)20(27-19(13)25)9-5-1-3-7-11(9)26-12-8-4-2-6-10(12)20/h1-8H. The molecule has 0 saturated heterocycles. The van der Waals surface area contributed by atoms with Crippen LogP contribution < -0.4 is 4.74 Å². The van der Waals surface area contributed by atoms with E-state index in [0.29, 0.717) is 5.56 Å². The number of rotatable bonds is 0. The van der Waals surface area contributed by atoms with Crippen molar-refractivity contribution < 1.29 is 14.3 Å². The van der Waals surface area contributed by atoms with Crippen molar-refractivity contribution >= 4 is 96.3 Å². The fourth-order valence-electron chi connectivity index (χ4n) is 3.73. The van der Waals surface area contributed by atoms with Gasteiger partial charge < -0.3 is 9.47 Å². The van der Waals surface area contributed by atoms with Gasteiger partial charge in [0.2, 0.25) is 0 Å². The average Bonchev–Trinajstić information content (AvgIpc) is 2.98. The minimum Gasteiger partial charge on any atom is -0.456 e. The van der Waals surface area contributed by atoms with E-state index in [4.69, 9.17) is 9.47 Å². The zero-order valence-corrected chi connectivity index (χ0v) is 22.0. The third-order valence-corrected chi connectivity index (χ3v) is 12.2. The molecule has 0 unspecified atom stereocenters. The predicted octanol–water partition coefficient (Wildman–Crippen LogP) is 6.67. The van der Waals surface area contributed by atoms with Crippen molar-refractivity contribution in [3.8, 4) is 11.5 Å². The van der Waals surface area contributed by atoms with Crippen molar-refractivity contribution in [2.75, 3.05) is 0 Å². The Balaban J connectivity index is 1.99. The molecule has 2 aliphatic heterocycles. The van der Waals surface area contributed by atoms with Gasteiger partial charge in [0.1, 0.15) is 11.5 Å². The second-order valence-electron chi connectivity index (χ2n) is 6.17. The van der Waals surface area contributed by atoms with Gasteiger partial charge >= 0.3 is 5.97 Å². The second-order valence-corrected chi connectivity index (χ2v) is 10.5. The molecule has 0 saturated carbocycles. The molecular weight excluding hydrogens is 796 g/mol. The molecule has 3 aromatic rings. The molecule has 0 fully saturated rings. The summed E-state index contributed by atoms with van der Waals surface area (Å²) in [5, 5.41) is 0. The molecular formula is C20H8I4O3. The lowest BCUT2D eigenvalue weighted by Gasteiger charge is -2.37. The summed E-state index contributed by atoms with van der Waals surface area (Å²) in [6.07, 6.45) is 0. The fraction of sp³-hybridized carbons (Fsp3) is 0.0500. The molecule has 0 N–H and O–H groups in total. The summed E-state index contributed by atoms with van der Waals surface area (Å²) in [5.41, 5.74) is 2.32. The minimum atomic E-state index is -0.988. The average molecular weight is 804 g/mol. The van der Waals surface area contributed by atoms with Crippen LogP contribution >= 0.6 is 90.4 Å². The van der Waals surface area contributed by atoms with E-state index in [-0.39, 0.29) is 5.97 Å². The summed E-state index contributed by atoms with van der Waals surface area (Å²) in [6.45, 7) is 0. The first-order valence-electron chi connectivity index (χ1n) is 7.93. The Morgan fingerprint density at radius 1 is 0.704 bits per heavy atom. The Bertz CT molecular complexity index is 1110. The smallest absolute Gasteiger partial charge is 0.341 e. The molecule has 0 aromatic heterocycles. The molecule has 134 valence electrons. The lowest BCUT2D eigenvalue weighted by Crippen LogP contribution is -2.33. The summed E-state index contributed by atoms with van der Waals surface area (Å²) in [4.78, 5) is 13.1. The van der Waals surface area contributed by atoms with Crippen LogP contribution in [0.15, 0.2) is 48.5 Å². The maximum atomic E-state index is 13.1. The van der Waals surface area contributed by atoms with E-state index < -0.39 is 5.60 Å². The van der Waals surface area contributed by atoms with Crippen LogP contribution in [0.3, 0.4) is 0 Å². The van der Waals surface area contributed by atoms with E-state index >= 15 is 0 Å². The van der Waals surface area contributed by atoms with Gasteiger partial charge in [-0.15, -0.1) is 0 Å². The van der Waals surface area contributed by atoms with Gasteiger partial charge in [0.15, 0.2) is 5.60 Å². The maximum Gasteiger partial charge on any atom is 0.341 e. The summed E-state index contributed by atoms with van der Waals surface area (Å²) < 4.78 is 16.6. The van der Waals surface area contributed by atoms with E-state index in [1.807, 2.05) is 48.5 Å². The number of hydrogen-bond donors (Lipinski definition) is 0. The molecule has 2 heterocycles. The highest BCUT2D eigenvalue weighted by Crippen LogP contribution is 2.58. The number of benzene rings is 3. The topological polar surface area (TPSA) is 35.5 Å². The zero-order valence-electron chi connectivity index (χ0n) is 13.4. The summed E-state index contributed by atoms with van der Waals surface area (Å²) in [6, 6.07) is 15.6. The molecule has 5 rings (SSSR count). The second kappa shape index (κ2) is 6.69. The van der Waals surface area contributed by atoms with Crippen LogP contribution in [-0.4, -0.2) is 5.97 Å². The monoisotopic (exact) mass is 804 g/mol. The molecule has 0 atom stereocenters. The molecule has 0 aliphatic carbocycles. The largest absolute Gasteiger partial charge is 0.456 e. The number of hydrogen-bond acceptors (Lipinski definition) is 3. The Morgan fingerprint density at radius 2 is 1.22 bits per heavy atom. The number of carbonyl (C=O) groups is 1. The minimum absolute atomic E-state index is 0.284. The first kappa shape index (κ1) is 18.9. The normalized spacial score (nSPS) is 15.6. The van der Waals surface area contributed by atoms with Crippen molar-refractivity contribution in [3.63, 3.8) is 0 Å². The molecule has 0 bridgehead atoms. The van der Waals surface area contributed by atoms with Crippen LogP contribution in [0.2, 0.25) is 0 Å². The molecule has 7 heteroatoms. The van der Waals surface area contributed by atoms with Gasteiger partial charge in [-0.1, -0.05) is 36.4 Å². The molecule has 3 nitrogen and oxygen atoms in total.